The lowest BCUT2D eigenvalue weighted by molar-refractivity contribution is 0.101. The molecular weight excluding hydrogens is 291 g/mol. The van der Waals surface area contributed by atoms with Gasteiger partial charge in [-0.3, -0.25) is 4.79 Å². The third-order valence-corrected chi connectivity index (χ3v) is 4.09. The van der Waals surface area contributed by atoms with Crippen LogP contribution in [0.2, 0.25) is 9.36 Å². The van der Waals surface area contributed by atoms with Gasteiger partial charge in [-0.2, -0.15) is 0 Å². The van der Waals surface area contributed by atoms with Crippen LogP contribution < -0.4 is 0 Å². The molecule has 2 heterocycles. The van der Waals surface area contributed by atoms with Gasteiger partial charge in [-0.1, -0.05) is 29.3 Å². The summed E-state index contributed by atoms with van der Waals surface area (Å²) in [6, 6.07) is 10.4. The fourth-order valence-electron chi connectivity index (χ4n) is 1.69. The zero-order valence-electron chi connectivity index (χ0n) is 8.94. The average molecular weight is 297 g/mol. The van der Waals surface area contributed by atoms with E-state index < -0.39 is 0 Å². The third kappa shape index (κ3) is 1.94. The van der Waals surface area contributed by atoms with Gasteiger partial charge >= 0.3 is 0 Å². The average Bonchev–Trinajstić information content (AvgIpc) is 2.95. The van der Waals surface area contributed by atoms with Crippen LogP contribution in [-0.4, -0.2) is 5.78 Å². The van der Waals surface area contributed by atoms with Crippen molar-refractivity contribution in [2.75, 3.05) is 0 Å². The lowest BCUT2D eigenvalue weighted by atomic mass is 10.2. The summed E-state index contributed by atoms with van der Waals surface area (Å²) >= 11 is 13.1. The summed E-state index contributed by atoms with van der Waals surface area (Å²) in [5.41, 5.74) is 0.605. The van der Waals surface area contributed by atoms with E-state index in [0.717, 1.165) is 5.39 Å². The van der Waals surface area contributed by atoms with Gasteiger partial charge in [0.15, 0.2) is 5.76 Å². The molecule has 0 saturated carbocycles. The van der Waals surface area contributed by atoms with E-state index in [4.69, 9.17) is 27.6 Å². The molecule has 3 rings (SSSR count). The van der Waals surface area contributed by atoms with E-state index in [0.29, 0.717) is 19.8 Å². The third-order valence-electron chi connectivity index (χ3n) is 2.53. The Morgan fingerprint density at radius 3 is 2.67 bits per heavy atom. The molecule has 5 heteroatoms. The van der Waals surface area contributed by atoms with E-state index in [9.17, 15) is 4.79 Å². The van der Waals surface area contributed by atoms with Crippen molar-refractivity contribution < 1.29 is 9.21 Å². The van der Waals surface area contributed by atoms with E-state index >= 15 is 0 Å². The monoisotopic (exact) mass is 296 g/mol. The Morgan fingerprint density at radius 1 is 1.17 bits per heavy atom. The summed E-state index contributed by atoms with van der Waals surface area (Å²) in [5.74, 6) is 0.0933. The molecule has 0 saturated heterocycles. The number of ketones is 1. The van der Waals surface area contributed by atoms with E-state index in [1.807, 2.05) is 0 Å². The molecule has 0 N–H and O–H groups in total. The summed E-state index contributed by atoms with van der Waals surface area (Å²) in [6.45, 7) is 0. The van der Waals surface area contributed by atoms with E-state index in [1.165, 1.54) is 11.3 Å². The van der Waals surface area contributed by atoms with E-state index in [1.54, 1.807) is 36.4 Å². The van der Waals surface area contributed by atoms with Gasteiger partial charge in [-0.15, -0.1) is 11.3 Å². The van der Waals surface area contributed by atoms with Gasteiger partial charge < -0.3 is 4.42 Å². The highest BCUT2D eigenvalue weighted by Crippen LogP contribution is 2.29. The van der Waals surface area contributed by atoms with Crippen molar-refractivity contribution in [1.29, 1.82) is 0 Å². The number of thiophene rings is 1. The maximum Gasteiger partial charge on any atom is 0.238 e. The number of hydrogen-bond acceptors (Lipinski definition) is 3. The molecule has 2 nitrogen and oxygen atoms in total. The fourth-order valence-corrected chi connectivity index (χ4v) is 2.90. The second-order valence-corrected chi connectivity index (χ2v) is 5.82. The van der Waals surface area contributed by atoms with Crippen LogP contribution in [0.3, 0.4) is 0 Å². The summed E-state index contributed by atoms with van der Waals surface area (Å²) < 4.78 is 6.08. The summed E-state index contributed by atoms with van der Waals surface area (Å²) in [4.78, 5) is 12.7. The first kappa shape index (κ1) is 11.8. The Bertz CT molecular complexity index is 742. The maximum absolute atomic E-state index is 12.2. The van der Waals surface area contributed by atoms with Crippen molar-refractivity contribution in [1.82, 2.24) is 0 Å². The molecule has 18 heavy (non-hydrogen) atoms. The highest BCUT2D eigenvalue weighted by atomic mass is 35.5. The largest absolute Gasteiger partial charge is 0.452 e. The maximum atomic E-state index is 12.2. The number of carbonyl (C=O) groups is 1. The molecule has 1 aromatic carbocycles. The van der Waals surface area contributed by atoms with E-state index in [2.05, 4.69) is 0 Å². The van der Waals surface area contributed by atoms with Crippen LogP contribution in [-0.2, 0) is 0 Å². The molecule has 0 unspecified atom stereocenters. The SMILES string of the molecule is O=C(c1cc2c(Cl)cccc2o1)c1ccc(Cl)s1. The molecule has 0 aliphatic heterocycles. The normalized spacial score (nSPS) is 11.0. The summed E-state index contributed by atoms with van der Waals surface area (Å²) in [7, 11) is 0. The molecule has 0 fully saturated rings. The Morgan fingerprint density at radius 2 is 2.00 bits per heavy atom. The predicted molar refractivity (Wildman–Crippen MR) is 74.0 cm³/mol. The highest BCUT2D eigenvalue weighted by Gasteiger charge is 2.17. The molecule has 0 atom stereocenters. The van der Waals surface area contributed by atoms with Gasteiger partial charge in [-0.05, 0) is 30.3 Å². The minimum atomic E-state index is -0.181. The zero-order chi connectivity index (χ0) is 12.7. The first-order chi connectivity index (χ1) is 8.65. The Hall–Kier alpha value is -1.29. The molecule has 0 radical (unpaired) electrons. The van der Waals surface area contributed by atoms with Crippen LogP contribution in [0.1, 0.15) is 15.4 Å². The van der Waals surface area contributed by atoms with Crippen LogP contribution in [0, 0.1) is 0 Å². The molecular formula is C13H6Cl2O2S. The number of carbonyl (C=O) groups excluding carboxylic acids is 1. The standard InChI is InChI=1S/C13H6Cl2O2S/c14-8-2-1-3-9-7(8)6-10(17-9)13(16)11-4-5-12(15)18-11/h1-6H. The number of benzene rings is 1. The minimum absolute atomic E-state index is 0.181. The van der Waals surface area contributed by atoms with E-state index in [-0.39, 0.29) is 11.5 Å². The van der Waals surface area contributed by atoms with Crippen molar-refractivity contribution in [3.8, 4) is 0 Å². The lowest BCUT2D eigenvalue weighted by Crippen LogP contribution is -1.95. The zero-order valence-corrected chi connectivity index (χ0v) is 11.3. The van der Waals surface area contributed by atoms with Crippen molar-refractivity contribution in [2.45, 2.75) is 0 Å². The van der Waals surface area contributed by atoms with Crippen LogP contribution in [0.4, 0.5) is 0 Å². The second-order valence-electron chi connectivity index (χ2n) is 3.70. The Labute approximate surface area is 117 Å². The van der Waals surface area contributed by atoms with Crippen LogP contribution in [0.25, 0.3) is 11.0 Å². The van der Waals surface area contributed by atoms with Crippen LogP contribution >= 0.6 is 34.5 Å². The van der Waals surface area contributed by atoms with Gasteiger partial charge in [0.1, 0.15) is 5.58 Å². The van der Waals surface area contributed by atoms with Gasteiger partial charge in [0.05, 0.1) is 14.2 Å². The van der Waals surface area contributed by atoms with Gasteiger partial charge in [0, 0.05) is 5.39 Å². The van der Waals surface area contributed by atoms with Gasteiger partial charge in [0.25, 0.3) is 0 Å². The van der Waals surface area contributed by atoms with Crippen LogP contribution in [0.15, 0.2) is 40.8 Å². The Kier molecular flexibility index (Phi) is 2.90. The van der Waals surface area contributed by atoms with Gasteiger partial charge in [0.2, 0.25) is 5.78 Å². The second kappa shape index (κ2) is 4.43. The number of halogens is 2. The van der Waals surface area contributed by atoms with Crippen LogP contribution in [0.5, 0.6) is 0 Å². The molecule has 0 spiro atoms. The molecule has 0 aliphatic rings. The minimum Gasteiger partial charge on any atom is -0.452 e. The predicted octanol–water partition coefficient (Wildman–Crippen LogP) is 5.03. The summed E-state index contributed by atoms with van der Waals surface area (Å²) in [6.07, 6.45) is 0. The number of fused-ring (bicyclic) bond motifs is 1. The molecule has 3 aromatic rings. The highest BCUT2D eigenvalue weighted by molar-refractivity contribution is 7.18. The molecule has 0 aliphatic carbocycles. The first-order valence-corrected chi connectivity index (χ1v) is 6.70. The topological polar surface area (TPSA) is 30.2 Å². The lowest BCUT2D eigenvalue weighted by Gasteiger charge is -1.90. The quantitative estimate of drug-likeness (QED) is 0.621. The number of hydrogen-bond donors (Lipinski definition) is 0. The van der Waals surface area contributed by atoms with Crippen molar-refractivity contribution in [2.24, 2.45) is 0 Å². The van der Waals surface area contributed by atoms with Gasteiger partial charge in [-0.25, -0.2) is 0 Å². The molecule has 2 aromatic heterocycles. The molecule has 0 amide bonds. The summed E-state index contributed by atoms with van der Waals surface area (Å²) in [5, 5.41) is 1.31. The van der Waals surface area contributed by atoms with Crippen molar-refractivity contribution in [3.63, 3.8) is 0 Å². The van der Waals surface area contributed by atoms with Crippen molar-refractivity contribution in [3.05, 3.63) is 56.4 Å². The fraction of sp³-hybridized carbons (Fsp3) is 0. The molecule has 0 bridgehead atoms. The Balaban J connectivity index is 2.10. The number of furan rings is 1. The smallest absolute Gasteiger partial charge is 0.238 e. The number of rotatable bonds is 2. The van der Waals surface area contributed by atoms with Crippen molar-refractivity contribution >= 4 is 51.3 Å². The molecule has 90 valence electrons. The first-order valence-electron chi connectivity index (χ1n) is 5.13.